The first-order valence-electron chi connectivity index (χ1n) is 7.85. The molecule has 1 heterocycles. The second-order valence-electron chi connectivity index (χ2n) is 6.09. The maximum Gasteiger partial charge on any atom is 0.281 e. The molecule has 25 heavy (non-hydrogen) atoms. The van der Waals surface area contributed by atoms with Crippen LogP contribution in [0.25, 0.3) is 10.9 Å². The van der Waals surface area contributed by atoms with E-state index in [1.54, 1.807) is 18.2 Å². The molecule has 1 aliphatic rings. The van der Waals surface area contributed by atoms with Gasteiger partial charge in [-0.15, -0.1) is 0 Å². The number of para-hydroxylation sites is 1. The number of hydrogen-bond acceptors (Lipinski definition) is 3. The van der Waals surface area contributed by atoms with E-state index in [4.69, 9.17) is 23.8 Å². The number of nitrogens with one attached hydrogen (secondary N) is 2. The number of H-pyrrole nitrogens is 1. The van der Waals surface area contributed by atoms with Gasteiger partial charge in [0, 0.05) is 10.9 Å². The summed E-state index contributed by atoms with van der Waals surface area (Å²) in [6.07, 6.45) is 0.742. The summed E-state index contributed by atoms with van der Waals surface area (Å²) in [6, 6.07) is 14.5. The van der Waals surface area contributed by atoms with Gasteiger partial charge in [0.15, 0.2) is 4.77 Å². The Morgan fingerprint density at radius 3 is 2.68 bits per heavy atom. The number of amides is 1. The van der Waals surface area contributed by atoms with Crippen molar-refractivity contribution >= 4 is 40.6 Å². The lowest BCUT2D eigenvalue weighted by atomic mass is 10.1. The Morgan fingerprint density at radius 2 is 1.92 bits per heavy atom. The van der Waals surface area contributed by atoms with E-state index in [0.717, 1.165) is 16.7 Å². The van der Waals surface area contributed by atoms with Gasteiger partial charge in [0.25, 0.3) is 5.56 Å². The third-order valence-electron chi connectivity index (χ3n) is 4.45. The molecule has 0 unspecified atom stereocenters. The second kappa shape index (κ2) is 6.13. The van der Waals surface area contributed by atoms with Crippen molar-refractivity contribution in [2.24, 2.45) is 5.92 Å². The average Bonchev–Trinajstić information content (AvgIpc) is 3.40. The SMILES string of the molecule is O=C(Nn1c(=S)[nH]c2ccccc2c1=O)[C@@H]1C[C@H]1c1ccc(Cl)cc1. The van der Waals surface area contributed by atoms with E-state index < -0.39 is 0 Å². The first-order chi connectivity index (χ1) is 12.0. The molecule has 4 rings (SSSR count). The van der Waals surface area contributed by atoms with Crippen molar-refractivity contribution in [2.45, 2.75) is 12.3 Å². The Kier molecular flexibility index (Phi) is 3.94. The fourth-order valence-corrected chi connectivity index (χ4v) is 3.38. The van der Waals surface area contributed by atoms with Gasteiger partial charge in [0.2, 0.25) is 5.91 Å². The third-order valence-corrected chi connectivity index (χ3v) is 4.99. The van der Waals surface area contributed by atoms with Crippen molar-refractivity contribution in [3.8, 4) is 0 Å². The number of aromatic amines is 1. The molecule has 1 aromatic heterocycles. The largest absolute Gasteiger partial charge is 0.330 e. The number of hydrogen-bond donors (Lipinski definition) is 2. The molecule has 1 aliphatic carbocycles. The zero-order chi connectivity index (χ0) is 17.6. The van der Waals surface area contributed by atoms with Crippen molar-refractivity contribution in [1.82, 2.24) is 9.66 Å². The predicted octanol–water partition coefficient (Wildman–Crippen LogP) is 3.59. The lowest BCUT2D eigenvalue weighted by Crippen LogP contribution is -2.35. The summed E-state index contributed by atoms with van der Waals surface area (Å²) in [4.78, 5) is 28.0. The van der Waals surface area contributed by atoms with Crippen LogP contribution in [-0.4, -0.2) is 15.6 Å². The molecule has 1 amide bonds. The first kappa shape index (κ1) is 16.1. The molecule has 5 nitrogen and oxygen atoms in total. The average molecular weight is 372 g/mol. The van der Waals surface area contributed by atoms with Crippen LogP contribution in [-0.2, 0) is 4.79 Å². The maximum absolute atomic E-state index is 12.6. The van der Waals surface area contributed by atoms with Crippen LogP contribution in [0.2, 0.25) is 5.02 Å². The van der Waals surface area contributed by atoms with Crippen LogP contribution in [0.5, 0.6) is 0 Å². The van der Waals surface area contributed by atoms with Gasteiger partial charge in [-0.1, -0.05) is 35.9 Å². The highest BCUT2D eigenvalue weighted by Gasteiger charge is 2.44. The van der Waals surface area contributed by atoms with Crippen LogP contribution in [0.15, 0.2) is 53.3 Å². The normalized spacial score (nSPS) is 18.9. The number of carbonyl (C=O) groups is 1. The molecule has 0 saturated heterocycles. The minimum atomic E-state index is -0.337. The van der Waals surface area contributed by atoms with Crippen molar-refractivity contribution < 1.29 is 4.79 Å². The minimum Gasteiger partial charge on any atom is -0.330 e. The zero-order valence-electron chi connectivity index (χ0n) is 13.0. The molecule has 1 saturated carbocycles. The fraction of sp³-hybridized carbons (Fsp3) is 0.167. The number of carbonyl (C=O) groups excluding carboxylic acids is 1. The smallest absolute Gasteiger partial charge is 0.281 e. The van der Waals surface area contributed by atoms with Gasteiger partial charge < -0.3 is 4.98 Å². The maximum atomic E-state index is 12.6. The van der Waals surface area contributed by atoms with E-state index in [2.05, 4.69) is 10.4 Å². The van der Waals surface area contributed by atoms with E-state index in [9.17, 15) is 9.59 Å². The Balaban J connectivity index is 1.58. The van der Waals surface area contributed by atoms with E-state index in [1.807, 2.05) is 30.3 Å². The molecule has 0 spiro atoms. The van der Waals surface area contributed by atoms with Crippen LogP contribution in [0.1, 0.15) is 17.9 Å². The standard InChI is InChI=1S/C18H14ClN3O2S/c19-11-7-5-10(6-8-11)13-9-14(13)16(23)21-22-17(24)12-3-1-2-4-15(12)20-18(22)25/h1-8,13-14H,9H2,(H,20,25)(H,21,23)/t13-,14+/m0/s1. The van der Waals surface area contributed by atoms with Crippen LogP contribution in [0.3, 0.4) is 0 Å². The monoisotopic (exact) mass is 371 g/mol. The summed E-state index contributed by atoms with van der Waals surface area (Å²) >= 11 is 11.1. The van der Waals surface area contributed by atoms with Crippen molar-refractivity contribution in [1.29, 1.82) is 0 Å². The Hall–Kier alpha value is -2.44. The van der Waals surface area contributed by atoms with Crippen molar-refractivity contribution in [3.63, 3.8) is 0 Å². The summed E-state index contributed by atoms with van der Waals surface area (Å²) in [7, 11) is 0. The van der Waals surface area contributed by atoms with Crippen LogP contribution in [0.4, 0.5) is 0 Å². The van der Waals surface area contributed by atoms with Crippen LogP contribution in [0, 0.1) is 10.7 Å². The van der Waals surface area contributed by atoms with Crippen LogP contribution < -0.4 is 11.0 Å². The van der Waals surface area contributed by atoms with Gasteiger partial charge in [-0.05, 0) is 54.4 Å². The Morgan fingerprint density at radius 1 is 1.20 bits per heavy atom. The summed E-state index contributed by atoms with van der Waals surface area (Å²) < 4.78 is 1.28. The number of benzene rings is 2. The molecule has 0 radical (unpaired) electrons. The Bertz CT molecular complexity index is 1090. The fourth-order valence-electron chi connectivity index (χ4n) is 3.02. The minimum absolute atomic E-state index is 0.144. The van der Waals surface area contributed by atoms with Crippen LogP contribution >= 0.6 is 23.8 Å². The lowest BCUT2D eigenvalue weighted by Gasteiger charge is -2.09. The summed E-state index contributed by atoms with van der Waals surface area (Å²) in [5.74, 6) is -0.239. The molecule has 0 bridgehead atoms. The molecule has 126 valence electrons. The Labute approximate surface area is 153 Å². The summed E-state index contributed by atoms with van der Waals surface area (Å²) in [5, 5.41) is 1.14. The molecule has 2 N–H and O–H groups in total. The van der Waals surface area contributed by atoms with Gasteiger partial charge in [-0.25, -0.2) is 0 Å². The van der Waals surface area contributed by atoms with Gasteiger partial charge >= 0.3 is 0 Å². The van der Waals surface area contributed by atoms with Gasteiger partial charge in [-0.2, -0.15) is 4.68 Å². The molecule has 0 aliphatic heterocycles. The van der Waals surface area contributed by atoms with Crippen molar-refractivity contribution in [3.05, 3.63) is 74.2 Å². The molecule has 1 fully saturated rings. The lowest BCUT2D eigenvalue weighted by molar-refractivity contribution is -0.118. The van der Waals surface area contributed by atoms with E-state index in [0.29, 0.717) is 15.9 Å². The number of halogens is 1. The number of nitrogens with zero attached hydrogens (tertiary/aromatic N) is 1. The summed E-state index contributed by atoms with van der Waals surface area (Å²) in [6.45, 7) is 0. The van der Waals surface area contributed by atoms with E-state index >= 15 is 0 Å². The van der Waals surface area contributed by atoms with E-state index in [1.165, 1.54) is 0 Å². The molecule has 3 aromatic rings. The third kappa shape index (κ3) is 2.99. The highest BCUT2D eigenvalue weighted by atomic mass is 35.5. The summed E-state index contributed by atoms with van der Waals surface area (Å²) in [5.41, 5.74) is 4.03. The van der Waals surface area contributed by atoms with E-state index in [-0.39, 0.29) is 28.1 Å². The highest BCUT2D eigenvalue weighted by molar-refractivity contribution is 7.71. The predicted molar refractivity (Wildman–Crippen MR) is 100 cm³/mol. The second-order valence-corrected chi connectivity index (χ2v) is 6.92. The van der Waals surface area contributed by atoms with Gasteiger partial charge in [0.05, 0.1) is 10.9 Å². The number of aromatic nitrogens is 2. The first-order valence-corrected chi connectivity index (χ1v) is 8.63. The molecule has 2 aromatic carbocycles. The number of rotatable bonds is 3. The highest BCUT2D eigenvalue weighted by Crippen LogP contribution is 2.47. The zero-order valence-corrected chi connectivity index (χ0v) is 14.6. The number of fused-ring (bicyclic) bond motifs is 1. The van der Waals surface area contributed by atoms with Crippen molar-refractivity contribution in [2.75, 3.05) is 5.43 Å². The molecule has 2 atom stereocenters. The topological polar surface area (TPSA) is 66.9 Å². The molecular weight excluding hydrogens is 358 g/mol. The van der Waals surface area contributed by atoms with Gasteiger partial charge in [0.1, 0.15) is 0 Å². The molecule has 7 heteroatoms. The molecular formula is C18H14ClN3O2S. The van der Waals surface area contributed by atoms with Gasteiger partial charge in [-0.3, -0.25) is 15.0 Å². The quantitative estimate of drug-likeness (QED) is 0.691.